The van der Waals surface area contributed by atoms with Crippen molar-refractivity contribution in [1.29, 1.82) is 0 Å². The highest BCUT2D eigenvalue weighted by atomic mass is 32.1. The maximum absolute atomic E-state index is 13.0. The van der Waals surface area contributed by atoms with Crippen LogP contribution in [0.15, 0.2) is 89.7 Å². The van der Waals surface area contributed by atoms with Gasteiger partial charge in [-0.2, -0.15) is 0 Å². The van der Waals surface area contributed by atoms with E-state index in [-0.39, 0.29) is 5.56 Å². The summed E-state index contributed by atoms with van der Waals surface area (Å²) in [4.78, 5) is 18.3. The lowest BCUT2D eigenvalue weighted by Gasteiger charge is -2.12. The Morgan fingerprint density at radius 3 is 2.68 bits per heavy atom. The summed E-state index contributed by atoms with van der Waals surface area (Å²) in [7, 11) is 1.62. The molecule has 0 aliphatic heterocycles. The van der Waals surface area contributed by atoms with Crippen molar-refractivity contribution >= 4 is 44.2 Å². The van der Waals surface area contributed by atoms with Crippen molar-refractivity contribution in [2.75, 3.05) is 7.11 Å². The summed E-state index contributed by atoms with van der Waals surface area (Å²) < 4.78 is 14.0. The van der Waals surface area contributed by atoms with E-state index < -0.39 is 0 Å². The number of methoxy groups -OCH3 is 1. The molecule has 0 aliphatic carbocycles. The maximum Gasteiger partial charge on any atom is 0.274 e. The molecular weight excluding hydrogens is 444 g/mol. The van der Waals surface area contributed by atoms with Gasteiger partial charge in [-0.25, -0.2) is 9.38 Å². The number of benzene rings is 4. The van der Waals surface area contributed by atoms with E-state index in [1.54, 1.807) is 11.5 Å². The molecule has 0 N–H and O–H groups in total. The summed E-state index contributed by atoms with van der Waals surface area (Å²) in [6.07, 6.45) is 1.87. The van der Waals surface area contributed by atoms with Crippen LogP contribution in [0.5, 0.6) is 11.5 Å². The van der Waals surface area contributed by atoms with Crippen molar-refractivity contribution < 1.29 is 9.47 Å². The second-order valence-corrected chi connectivity index (χ2v) is 8.98. The molecule has 0 atom stereocenters. The molecule has 6 rings (SSSR count). The number of aromatic nitrogens is 2. The first kappa shape index (κ1) is 20.4. The van der Waals surface area contributed by atoms with E-state index in [9.17, 15) is 4.79 Å². The summed E-state index contributed by atoms with van der Waals surface area (Å²) >= 11 is 1.38. The van der Waals surface area contributed by atoms with Crippen molar-refractivity contribution in [2.24, 2.45) is 0 Å². The fourth-order valence-corrected chi connectivity index (χ4v) is 5.22. The highest BCUT2D eigenvalue weighted by molar-refractivity contribution is 7.15. The molecule has 0 spiro atoms. The van der Waals surface area contributed by atoms with Crippen LogP contribution in [0.1, 0.15) is 11.1 Å². The minimum absolute atomic E-state index is 0.0658. The van der Waals surface area contributed by atoms with Gasteiger partial charge >= 0.3 is 0 Å². The molecule has 0 saturated carbocycles. The zero-order chi connectivity index (χ0) is 23.1. The summed E-state index contributed by atoms with van der Waals surface area (Å²) in [5, 5.41) is 2.36. The van der Waals surface area contributed by atoms with E-state index in [2.05, 4.69) is 29.2 Å². The molecule has 5 nitrogen and oxygen atoms in total. The van der Waals surface area contributed by atoms with E-state index >= 15 is 0 Å². The molecule has 6 heteroatoms. The Morgan fingerprint density at radius 1 is 0.941 bits per heavy atom. The SMILES string of the molecule is COc1cc(/C=c2\sc3nc4ccccc4n3c2=O)ccc1OCc1cccc2ccccc12. The van der Waals surface area contributed by atoms with Crippen molar-refractivity contribution in [3.63, 3.8) is 0 Å². The average Bonchev–Trinajstić information content (AvgIpc) is 3.39. The van der Waals surface area contributed by atoms with Gasteiger partial charge in [-0.05, 0) is 52.2 Å². The molecule has 0 bridgehead atoms. The Morgan fingerprint density at radius 2 is 1.76 bits per heavy atom. The minimum atomic E-state index is -0.0658. The van der Waals surface area contributed by atoms with Gasteiger partial charge in [0.05, 0.1) is 22.7 Å². The predicted molar refractivity (Wildman–Crippen MR) is 137 cm³/mol. The summed E-state index contributed by atoms with van der Waals surface area (Å²) in [6.45, 7) is 0.431. The number of rotatable bonds is 5. The third-order valence-electron chi connectivity index (χ3n) is 5.89. The normalized spacial score (nSPS) is 12.1. The molecule has 0 saturated heterocycles. The van der Waals surface area contributed by atoms with Crippen LogP contribution in [-0.2, 0) is 6.61 Å². The molecule has 2 aromatic heterocycles. The summed E-state index contributed by atoms with van der Waals surface area (Å²) in [6, 6.07) is 27.8. The van der Waals surface area contributed by atoms with Crippen LogP contribution in [0.3, 0.4) is 0 Å². The Kier molecular flexibility index (Phi) is 5.00. The zero-order valence-corrected chi connectivity index (χ0v) is 19.2. The van der Waals surface area contributed by atoms with Gasteiger partial charge in [0, 0.05) is 0 Å². The Hall–Kier alpha value is -4.16. The summed E-state index contributed by atoms with van der Waals surface area (Å²) in [5.74, 6) is 1.27. The highest BCUT2D eigenvalue weighted by Gasteiger charge is 2.11. The quantitative estimate of drug-likeness (QED) is 0.352. The van der Waals surface area contributed by atoms with Crippen LogP contribution < -0.4 is 19.6 Å². The monoisotopic (exact) mass is 464 g/mol. The number of hydrogen-bond acceptors (Lipinski definition) is 5. The van der Waals surface area contributed by atoms with Crippen LogP contribution in [-0.4, -0.2) is 16.5 Å². The first-order valence-electron chi connectivity index (χ1n) is 10.9. The molecule has 2 heterocycles. The third-order valence-corrected chi connectivity index (χ3v) is 6.86. The van der Waals surface area contributed by atoms with E-state index in [0.29, 0.717) is 27.6 Å². The van der Waals surface area contributed by atoms with E-state index in [1.165, 1.54) is 22.1 Å². The molecule has 4 aromatic carbocycles. The molecule has 0 unspecified atom stereocenters. The highest BCUT2D eigenvalue weighted by Crippen LogP contribution is 2.30. The number of thiazole rings is 1. The number of nitrogens with zero attached hydrogens (tertiary/aromatic N) is 2. The molecule has 0 radical (unpaired) electrons. The minimum Gasteiger partial charge on any atom is -0.493 e. The van der Waals surface area contributed by atoms with Gasteiger partial charge in [0.1, 0.15) is 6.61 Å². The fourth-order valence-electron chi connectivity index (χ4n) is 4.23. The molecule has 0 fully saturated rings. The van der Waals surface area contributed by atoms with Gasteiger partial charge < -0.3 is 9.47 Å². The average molecular weight is 465 g/mol. The van der Waals surface area contributed by atoms with Gasteiger partial charge in [-0.1, -0.05) is 72.0 Å². The first-order chi connectivity index (χ1) is 16.7. The van der Waals surface area contributed by atoms with Crippen molar-refractivity contribution in [1.82, 2.24) is 9.38 Å². The molecule has 166 valence electrons. The maximum atomic E-state index is 13.0. The number of para-hydroxylation sites is 2. The van der Waals surface area contributed by atoms with Crippen LogP contribution >= 0.6 is 11.3 Å². The first-order valence-corrected chi connectivity index (χ1v) is 11.7. The van der Waals surface area contributed by atoms with Gasteiger partial charge in [0.15, 0.2) is 16.5 Å². The Labute approximate surface area is 199 Å². The lowest BCUT2D eigenvalue weighted by atomic mass is 10.1. The van der Waals surface area contributed by atoms with Crippen LogP contribution in [0.2, 0.25) is 0 Å². The third kappa shape index (κ3) is 3.49. The molecular formula is C28H20N2O3S. The Balaban J connectivity index is 1.32. The fraction of sp³-hybridized carbons (Fsp3) is 0.0714. The van der Waals surface area contributed by atoms with Crippen LogP contribution in [0.4, 0.5) is 0 Å². The lowest BCUT2D eigenvalue weighted by Crippen LogP contribution is -2.22. The number of fused-ring (bicyclic) bond motifs is 4. The van der Waals surface area contributed by atoms with Gasteiger partial charge in [0.2, 0.25) is 0 Å². The van der Waals surface area contributed by atoms with Crippen molar-refractivity contribution in [3.8, 4) is 11.5 Å². The van der Waals surface area contributed by atoms with Gasteiger partial charge in [0.25, 0.3) is 5.56 Å². The molecule has 0 aliphatic rings. The standard InChI is InChI=1S/C28H20N2O3S/c1-32-25-15-18(16-26-27(31)30-23-12-5-4-11-22(23)29-28(30)34-26)13-14-24(25)33-17-20-9-6-8-19-7-2-3-10-21(19)20/h2-16H,17H2,1H3/b26-16-. The topological polar surface area (TPSA) is 52.8 Å². The molecule has 0 amide bonds. The summed E-state index contributed by atoms with van der Waals surface area (Å²) in [5.41, 5.74) is 3.56. The molecule has 34 heavy (non-hydrogen) atoms. The van der Waals surface area contributed by atoms with E-state index in [4.69, 9.17) is 9.47 Å². The number of imidazole rings is 1. The predicted octanol–water partition coefficient (Wildman–Crippen LogP) is 5.20. The van der Waals surface area contributed by atoms with Gasteiger partial charge in [-0.3, -0.25) is 4.79 Å². The Bertz CT molecular complexity index is 1780. The largest absolute Gasteiger partial charge is 0.493 e. The number of ether oxygens (including phenoxy) is 2. The second kappa shape index (κ2) is 8.32. The van der Waals surface area contributed by atoms with Crippen LogP contribution in [0, 0.1) is 0 Å². The lowest BCUT2D eigenvalue weighted by molar-refractivity contribution is 0.285. The second-order valence-electron chi connectivity index (χ2n) is 7.97. The zero-order valence-electron chi connectivity index (χ0n) is 18.4. The van der Waals surface area contributed by atoms with Gasteiger partial charge in [-0.15, -0.1) is 0 Å². The molecule has 6 aromatic rings. The van der Waals surface area contributed by atoms with Crippen molar-refractivity contribution in [2.45, 2.75) is 6.61 Å². The van der Waals surface area contributed by atoms with E-state index in [0.717, 1.165) is 22.2 Å². The van der Waals surface area contributed by atoms with Crippen LogP contribution in [0.25, 0.3) is 32.8 Å². The number of hydrogen-bond donors (Lipinski definition) is 0. The van der Waals surface area contributed by atoms with E-state index in [1.807, 2.05) is 66.7 Å². The van der Waals surface area contributed by atoms with Crippen molar-refractivity contribution in [3.05, 3.63) is 111 Å². The smallest absolute Gasteiger partial charge is 0.274 e.